The fraction of sp³-hybridized carbons (Fsp3) is 0.769. The molecule has 2 amide bonds. The van der Waals surface area contributed by atoms with E-state index in [9.17, 15) is 9.59 Å². The lowest BCUT2D eigenvalue weighted by Gasteiger charge is -2.38. The summed E-state index contributed by atoms with van der Waals surface area (Å²) in [6.45, 7) is 4.49. The Kier molecular flexibility index (Phi) is 5.16. The van der Waals surface area contributed by atoms with Gasteiger partial charge in [-0.1, -0.05) is 0 Å². The summed E-state index contributed by atoms with van der Waals surface area (Å²) >= 11 is 0. The maximum atomic E-state index is 12.2. The molecule has 6 heteroatoms. The highest BCUT2D eigenvalue weighted by atomic mass is 16.4. The zero-order valence-corrected chi connectivity index (χ0v) is 11.7. The van der Waals surface area contributed by atoms with Crippen LogP contribution in [0.3, 0.4) is 0 Å². The Hall–Kier alpha value is -1.77. The van der Waals surface area contributed by atoms with Gasteiger partial charge in [-0.15, -0.1) is 0 Å². The van der Waals surface area contributed by atoms with Crippen LogP contribution < -0.4 is 0 Å². The zero-order chi connectivity index (χ0) is 14.6. The van der Waals surface area contributed by atoms with Gasteiger partial charge in [-0.25, -0.2) is 4.79 Å². The van der Waals surface area contributed by atoms with Crippen molar-refractivity contribution >= 4 is 12.0 Å². The SMILES string of the molecule is CC(C#N)CN(C)C(=O)N1CCC(C(=O)O)CC1C. The summed E-state index contributed by atoms with van der Waals surface area (Å²) in [6.07, 6.45) is 0.982. The molecule has 1 N–H and O–H groups in total. The van der Waals surface area contributed by atoms with Gasteiger partial charge < -0.3 is 14.9 Å². The van der Waals surface area contributed by atoms with Gasteiger partial charge in [0.2, 0.25) is 0 Å². The number of likely N-dealkylation sites (tertiary alicyclic amines) is 1. The van der Waals surface area contributed by atoms with Crippen LogP contribution in [0.1, 0.15) is 26.7 Å². The topological polar surface area (TPSA) is 84.6 Å². The average Bonchev–Trinajstić information content (AvgIpc) is 2.37. The molecule has 0 aromatic carbocycles. The first-order valence-corrected chi connectivity index (χ1v) is 6.51. The summed E-state index contributed by atoms with van der Waals surface area (Å²) in [6, 6.07) is 1.89. The monoisotopic (exact) mass is 267 g/mol. The summed E-state index contributed by atoms with van der Waals surface area (Å²) in [5.41, 5.74) is 0. The predicted molar refractivity (Wildman–Crippen MR) is 69.3 cm³/mol. The molecule has 106 valence electrons. The van der Waals surface area contributed by atoms with Crippen LogP contribution in [0.5, 0.6) is 0 Å². The molecule has 19 heavy (non-hydrogen) atoms. The number of hydrogen-bond acceptors (Lipinski definition) is 3. The first kappa shape index (κ1) is 15.3. The fourth-order valence-electron chi connectivity index (χ4n) is 2.43. The van der Waals surface area contributed by atoms with E-state index in [0.717, 1.165) is 0 Å². The highest BCUT2D eigenvalue weighted by Crippen LogP contribution is 2.23. The number of hydrogen-bond donors (Lipinski definition) is 1. The third-order valence-electron chi connectivity index (χ3n) is 3.57. The molecule has 0 radical (unpaired) electrons. The van der Waals surface area contributed by atoms with Gasteiger partial charge in [0.25, 0.3) is 0 Å². The minimum atomic E-state index is -0.787. The molecule has 3 atom stereocenters. The second kappa shape index (κ2) is 6.41. The second-order valence-electron chi connectivity index (χ2n) is 5.30. The van der Waals surface area contributed by atoms with E-state index in [1.807, 2.05) is 6.92 Å². The quantitative estimate of drug-likeness (QED) is 0.837. The third-order valence-corrected chi connectivity index (χ3v) is 3.57. The van der Waals surface area contributed by atoms with Crippen LogP contribution in [-0.2, 0) is 4.79 Å². The Bertz CT molecular complexity index is 391. The normalized spacial score (nSPS) is 24.4. The largest absolute Gasteiger partial charge is 0.481 e. The van der Waals surface area contributed by atoms with Gasteiger partial charge in [0.05, 0.1) is 17.9 Å². The molecule has 0 aromatic heterocycles. The fourth-order valence-corrected chi connectivity index (χ4v) is 2.43. The van der Waals surface area contributed by atoms with Crippen molar-refractivity contribution in [1.29, 1.82) is 5.26 Å². The second-order valence-corrected chi connectivity index (χ2v) is 5.30. The van der Waals surface area contributed by atoms with Crippen LogP contribution >= 0.6 is 0 Å². The molecule has 3 unspecified atom stereocenters. The maximum absolute atomic E-state index is 12.2. The van der Waals surface area contributed by atoms with E-state index in [0.29, 0.717) is 25.9 Å². The van der Waals surface area contributed by atoms with Crippen molar-refractivity contribution in [3.05, 3.63) is 0 Å². The summed E-state index contributed by atoms with van der Waals surface area (Å²) in [5, 5.41) is 17.7. The molecule has 1 heterocycles. The molecule has 0 bridgehead atoms. The number of rotatable bonds is 3. The molecule has 1 saturated heterocycles. The molecule has 1 rings (SSSR count). The number of urea groups is 1. The van der Waals surface area contributed by atoms with E-state index >= 15 is 0 Å². The van der Waals surface area contributed by atoms with Gasteiger partial charge in [-0.05, 0) is 26.7 Å². The summed E-state index contributed by atoms with van der Waals surface area (Å²) in [7, 11) is 1.67. The van der Waals surface area contributed by atoms with Gasteiger partial charge >= 0.3 is 12.0 Å². The number of piperidine rings is 1. The van der Waals surface area contributed by atoms with E-state index in [1.54, 1.807) is 18.9 Å². The third kappa shape index (κ3) is 3.85. The van der Waals surface area contributed by atoms with Crippen LogP contribution in [0, 0.1) is 23.2 Å². The van der Waals surface area contributed by atoms with Crippen LogP contribution in [-0.4, -0.2) is 53.1 Å². The molecule has 0 saturated carbocycles. The van der Waals surface area contributed by atoms with Crippen LogP contribution in [0.2, 0.25) is 0 Å². The Labute approximate surface area is 113 Å². The molecule has 1 aliphatic heterocycles. The molecule has 1 fully saturated rings. The lowest BCUT2D eigenvalue weighted by atomic mass is 9.92. The minimum Gasteiger partial charge on any atom is -0.481 e. The Morgan fingerprint density at radius 3 is 2.68 bits per heavy atom. The Balaban J connectivity index is 2.59. The van der Waals surface area contributed by atoms with Crippen molar-refractivity contribution in [3.63, 3.8) is 0 Å². The minimum absolute atomic E-state index is 0.0813. The van der Waals surface area contributed by atoms with Gasteiger partial charge in [0.1, 0.15) is 0 Å². The highest BCUT2D eigenvalue weighted by molar-refractivity contribution is 5.75. The standard InChI is InChI=1S/C13H21N3O3/c1-9(7-14)8-15(3)13(19)16-5-4-11(12(17)18)6-10(16)2/h9-11H,4-6,8H2,1-3H3,(H,17,18). The molecule has 0 aliphatic carbocycles. The first-order chi connectivity index (χ1) is 8.86. The van der Waals surface area contributed by atoms with Crippen LogP contribution in [0.25, 0.3) is 0 Å². The molecule has 0 aromatic rings. The number of nitrogens with zero attached hydrogens (tertiary/aromatic N) is 3. The van der Waals surface area contributed by atoms with E-state index < -0.39 is 5.97 Å². The summed E-state index contributed by atoms with van der Waals surface area (Å²) < 4.78 is 0. The van der Waals surface area contributed by atoms with Gasteiger partial charge in [-0.2, -0.15) is 5.26 Å². The van der Waals surface area contributed by atoms with E-state index in [4.69, 9.17) is 10.4 Å². The van der Waals surface area contributed by atoms with Crippen molar-refractivity contribution in [2.45, 2.75) is 32.7 Å². The van der Waals surface area contributed by atoms with Gasteiger partial charge in [0.15, 0.2) is 0 Å². The van der Waals surface area contributed by atoms with Crippen molar-refractivity contribution < 1.29 is 14.7 Å². The van der Waals surface area contributed by atoms with Gasteiger partial charge in [0, 0.05) is 26.2 Å². The highest BCUT2D eigenvalue weighted by Gasteiger charge is 2.33. The number of carboxylic acids is 1. The van der Waals surface area contributed by atoms with Crippen molar-refractivity contribution in [2.75, 3.05) is 20.1 Å². The zero-order valence-electron chi connectivity index (χ0n) is 11.7. The van der Waals surface area contributed by atoms with Gasteiger partial charge in [-0.3, -0.25) is 4.79 Å². The predicted octanol–water partition coefficient (Wildman–Crippen LogP) is 1.38. The van der Waals surface area contributed by atoms with Crippen molar-refractivity contribution in [2.24, 2.45) is 11.8 Å². The number of amides is 2. The number of aliphatic carboxylic acids is 1. The summed E-state index contributed by atoms with van der Waals surface area (Å²) in [4.78, 5) is 26.4. The maximum Gasteiger partial charge on any atom is 0.320 e. The number of nitriles is 1. The number of carboxylic acid groups (broad SMARTS) is 1. The number of carbonyl (C=O) groups excluding carboxylic acids is 1. The molecule has 0 spiro atoms. The van der Waals surface area contributed by atoms with E-state index in [1.165, 1.54) is 4.90 Å². The smallest absolute Gasteiger partial charge is 0.320 e. The van der Waals surface area contributed by atoms with E-state index in [2.05, 4.69) is 6.07 Å². The lowest BCUT2D eigenvalue weighted by molar-refractivity contribution is -0.143. The Morgan fingerprint density at radius 1 is 1.58 bits per heavy atom. The molecular weight excluding hydrogens is 246 g/mol. The lowest BCUT2D eigenvalue weighted by Crippen LogP contribution is -2.51. The van der Waals surface area contributed by atoms with E-state index in [-0.39, 0.29) is 23.9 Å². The molecule has 1 aliphatic rings. The summed E-state index contributed by atoms with van der Waals surface area (Å²) in [5.74, 6) is -1.35. The van der Waals surface area contributed by atoms with Crippen molar-refractivity contribution in [1.82, 2.24) is 9.80 Å². The Morgan fingerprint density at radius 2 is 2.21 bits per heavy atom. The van der Waals surface area contributed by atoms with Crippen LogP contribution in [0.4, 0.5) is 4.79 Å². The number of carbonyl (C=O) groups is 2. The average molecular weight is 267 g/mol. The van der Waals surface area contributed by atoms with Crippen molar-refractivity contribution in [3.8, 4) is 6.07 Å². The molecule has 6 nitrogen and oxygen atoms in total. The molecular formula is C13H21N3O3. The first-order valence-electron chi connectivity index (χ1n) is 6.51. The van der Waals surface area contributed by atoms with Crippen LogP contribution in [0.15, 0.2) is 0 Å².